The van der Waals surface area contributed by atoms with E-state index in [9.17, 15) is 27.2 Å². The number of rotatable bonds is 4. The Morgan fingerprint density at radius 3 is 2.18 bits per heavy atom. The largest absolute Gasteiger partial charge is 0.417 e. The number of carbonyl (C=O) groups is 2. The van der Waals surface area contributed by atoms with Crippen LogP contribution in [0.4, 0.5) is 23.2 Å². The molecule has 0 aliphatic heterocycles. The van der Waals surface area contributed by atoms with E-state index in [4.69, 9.17) is 5.26 Å². The smallest absolute Gasteiger partial charge is 0.338 e. The van der Waals surface area contributed by atoms with Crippen LogP contribution in [0.1, 0.15) is 35.3 Å². The zero-order valence-electron chi connectivity index (χ0n) is 14.8. The lowest BCUT2D eigenvalue weighted by atomic mass is 10.0. The van der Waals surface area contributed by atoms with Crippen molar-refractivity contribution in [1.82, 2.24) is 5.32 Å². The van der Waals surface area contributed by atoms with Crippen LogP contribution in [0.25, 0.3) is 0 Å². The SMILES string of the molecule is CC(C)(NC(=O)c1ccc(F)cc1)C(=O)Nc1ccc(C#N)c(C(F)(F)F)c1. The van der Waals surface area contributed by atoms with E-state index in [1.807, 2.05) is 0 Å². The third-order valence-electron chi connectivity index (χ3n) is 3.80. The van der Waals surface area contributed by atoms with Crippen molar-refractivity contribution in [3.8, 4) is 6.07 Å². The highest BCUT2D eigenvalue weighted by Gasteiger charge is 2.35. The predicted molar refractivity (Wildman–Crippen MR) is 92.7 cm³/mol. The minimum absolute atomic E-state index is 0.111. The van der Waals surface area contributed by atoms with Crippen LogP contribution < -0.4 is 10.6 Å². The second-order valence-electron chi connectivity index (χ2n) is 6.41. The molecule has 2 amide bonds. The van der Waals surface area contributed by atoms with Crippen molar-refractivity contribution >= 4 is 17.5 Å². The first-order valence-corrected chi connectivity index (χ1v) is 7.95. The van der Waals surface area contributed by atoms with Gasteiger partial charge in [0, 0.05) is 11.3 Å². The number of carbonyl (C=O) groups excluding carboxylic acids is 2. The number of alkyl halides is 3. The standard InChI is InChI=1S/C19H15F4N3O2/c1-18(2,26-16(27)11-3-6-13(20)7-4-11)17(28)25-14-8-5-12(10-24)15(9-14)19(21,22)23/h3-9H,1-2H3,(H,25,28)(H,26,27). The summed E-state index contributed by atoms with van der Waals surface area (Å²) in [5, 5.41) is 13.5. The summed E-state index contributed by atoms with van der Waals surface area (Å²) in [4.78, 5) is 24.6. The van der Waals surface area contributed by atoms with E-state index in [0.29, 0.717) is 6.07 Å². The fourth-order valence-corrected chi connectivity index (χ4v) is 2.26. The summed E-state index contributed by atoms with van der Waals surface area (Å²) in [7, 11) is 0. The average Bonchev–Trinajstić information content (AvgIpc) is 2.61. The molecule has 146 valence electrons. The summed E-state index contributed by atoms with van der Waals surface area (Å²) in [5.41, 5.74) is -3.31. The van der Waals surface area contributed by atoms with Crippen molar-refractivity contribution in [3.63, 3.8) is 0 Å². The van der Waals surface area contributed by atoms with Gasteiger partial charge in [0.2, 0.25) is 5.91 Å². The number of nitriles is 1. The Morgan fingerprint density at radius 1 is 1.04 bits per heavy atom. The van der Waals surface area contributed by atoms with Crippen LogP contribution in [-0.2, 0) is 11.0 Å². The highest BCUT2D eigenvalue weighted by atomic mass is 19.4. The zero-order chi connectivity index (χ0) is 21.1. The Morgan fingerprint density at radius 2 is 1.64 bits per heavy atom. The summed E-state index contributed by atoms with van der Waals surface area (Å²) in [6.45, 7) is 2.72. The number of hydrogen-bond donors (Lipinski definition) is 2. The molecule has 2 rings (SSSR count). The molecule has 0 radical (unpaired) electrons. The Kier molecular flexibility index (Phi) is 5.73. The summed E-state index contributed by atoms with van der Waals surface area (Å²) in [5.74, 6) is -1.97. The van der Waals surface area contributed by atoms with Crippen molar-refractivity contribution in [2.45, 2.75) is 25.6 Å². The van der Waals surface area contributed by atoms with Crippen LogP contribution in [0.5, 0.6) is 0 Å². The van der Waals surface area contributed by atoms with E-state index in [-0.39, 0.29) is 11.3 Å². The van der Waals surface area contributed by atoms with Crippen LogP contribution in [0.15, 0.2) is 42.5 Å². The quantitative estimate of drug-likeness (QED) is 0.774. The molecule has 0 bridgehead atoms. The Bertz CT molecular complexity index is 945. The zero-order valence-corrected chi connectivity index (χ0v) is 14.8. The first-order chi connectivity index (χ1) is 12.9. The number of benzene rings is 2. The normalized spacial score (nSPS) is 11.5. The Labute approximate surface area is 158 Å². The van der Waals surface area contributed by atoms with Crippen LogP contribution >= 0.6 is 0 Å². The monoisotopic (exact) mass is 393 g/mol. The van der Waals surface area contributed by atoms with E-state index in [1.54, 1.807) is 0 Å². The van der Waals surface area contributed by atoms with Gasteiger partial charge in [0.15, 0.2) is 0 Å². The molecule has 0 aliphatic rings. The van der Waals surface area contributed by atoms with Crippen molar-refractivity contribution < 1.29 is 27.2 Å². The van der Waals surface area contributed by atoms with Gasteiger partial charge in [-0.3, -0.25) is 9.59 Å². The third kappa shape index (κ3) is 4.85. The van der Waals surface area contributed by atoms with Gasteiger partial charge in [-0.1, -0.05) is 0 Å². The lowest BCUT2D eigenvalue weighted by molar-refractivity contribution is -0.137. The molecule has 0 atom stereocenters. The van der Waals surface area contributed by atoms with E-state index in [0.717, 1.165) is 24.3 Å². The van der Waals surface area contributed by atoms with Gasteiger partial charge in [-0.15, -0.1) is 0 Å². The Balaban J connectivity index is 2.18. The van der Waals surface area contributed by atoms with Crippen LogP contribution in [0.3, 0.4) is 0 Å². The molecule has 2 N–H and O–H groups in total. The van der Waals surface area contributed by atoms with Gasteiger partial charge in [-0.2, -0.15) is 18.4 Å². The van der Waals surface area contributed by atoms with E-state index in [1.165, 1.54) is 32.0 Å². The number of nitrogens with zero attached hydrogens (tertiary/aromatic N) is 1. The molecule has 0 saturated heterocycles. The maximum Gasteiger partial charge on any atom is 0.417 e. The van der Waals surface area contributed by atoms with Crippen molar-refractivity contribution in [2.75, 3.05) is 5.32 Å². The van der Waals surface area contributed by atoms with Crippen molar-refractivity contribution in [3.05, 3.63) is 65.0 Å². The summed E-state index contributed by atoms with van der Waals surface area (Å²) in [6.07, 6.45) is -4.77. The van der Waals surface area contributed by atoms with Gasteiger partial charge in [0.05, 0.1) is 17.2 Å². The minimum Gasteiger partial charge on any atom is -0.338 e. The molecular weight excluding hydrogens is 378 g/mol. The van der Waals surface area contributed by atoms with Gasteiger partial charge in [-0.05, 0) is 56.3 Å². The highest BCUT2D eigenvalue weighted by molar-refractivity contribution is 6.03. The number of hydrogen-bond acceptors (Lipinski definition) is 3. The van der Waals surface area contributed by atoms with Gasteiger partial charge >= 0.3 is 6.18 Å². The maximum atomic E-state index is 13.0. The Hall–Kier alpha value is -3.41. The molecule has 28 heavy (non-hydrogen) atoms. The maximum absolute atomic E-state index is 13.0. The minimum atomic E-state index is -4.77. The predicted octanol–water partition coefficient (Wildman–Crippen LogP) is 3.86. The van der Waals surface area contributed by atoms with E-state index < -0.39 is 40.5 Å². The van der Waals surface area contributed by atoms with Crippen LogP contribution in [0, 0.1) is 17.1 Å². The molecule has 0 unspecified atom stereocenters. The van der Waals surface area contributed by atoms with Crippen LogP contribution in [0.2, 0.25) is 0 Å². The summed E-state index contributed by atoms with van der Waals surface area (Å²) in [6, 6.07) is 8.82. The summed E-state index contributed by atoms with van der Waals surface area (Å²) >= 11 is 0. The lowest BCUT2D eigenvalue weighted by Gasteiger charge is -2.25. The van der Waals surface area contributed by atoms with Gasteiger partial charge in [0.1, 0.15) is 11.4 Å². The number of halogens is 4. The molecule has 2 aromatic carbocycles. The average molecular weight is 393 g/mol. The second-order valence-corrected chi connectivity index (χ2v) is 6.41. The third-order valence-corrected chi connectivity index (χ3v) is 3.80. The van der Waals surface area contributed by atoms with Gasteiger partial charge in [0.25, 0.3) is 5.91 Å². The van der Waals surface area contributed by atoms with Crippen molar-refractivity contribution in [2.24, 2.45) is 0 Å². The van der Waals surface area contributed by atoms with Crippen LogP contribution in [-0.4, -0.2) is 17.4 Å². The molecule has 0 spiro atoms. The first kappa shape index (κ1) is 20.9. The molecule has 0 fully saturated rings. The molecule has 2 aromatic rings. The first-order valence-electron chi connectivity index (χ1n) is 7.95. The molecule has 0 aliphatic carbocycles. The van der Waals surface area contributed by atoms with E-state index >= 15 is 0 Å². The molecular formula is C19H15F4N3O2. The number of anilines is 1. The topological polar surface area (TPSA) is 82.0 Å². The molecule has 9 heteroatoms. The molecule has 0 saturated carbocycles. The van der Waals surface area contributed by atoms with E-state index in [2.05, 4.69) is 10.6 Å². The second kappa shape index (κ2) is 7.68. The number of nitrogens with one attached hydrogen (secondary N) is 2. The molecule has 0 aromatic heterocycles. The summed E-state index contributed by atoms with van der Waals surface area (Å²) < 4.78 is 52.0. The van der Waals surface area contributed by atoms with Crippen molar-refractivity contribution in [1.29, 1.82) is 5.26 Å². The fraction of sp³-hybridized carbons (Fsp3) is 0.211. The van der Waals surface area contributed by atoms with Gasteiger partial charge < -0.3 is 10.6 Å². The number of amides is 2. The molecule has 5 nitrogen and oxygen atoms in total. The highest BCUT2D eigenvalue weighted by Crippen LogP contribution is 2.33. The lowest BCUT2D eigenvalue weighted by Crippen LogP contribution is -2.52. The van der Waals surface area contributed by atoms with Gasteiger partial charge in [-0.25, -0.2) is 4.39 Å². The fourth-order valence-electron chi connectivity index (χ4n) is 2.26. The molecule has 0 heterocycles.